The molecule has 0 aliphatic rings. The van der Waals surface area contributed by atoms with Crippen LogP contribution in [0.25, 0.3) is 11.1 Å². The maximum atomic E-state index is 10.4. The SMILES string of the molecule is CC(C)(c1ccc(-c2ccc(C(C)(c3ccc(O)cc3)c3ccc(O)cc3)cc2)cc1)c1ccccc1O. The fourth-order valence-corrected chi connectivity index (χ4v) is 5.32. The monoisotopic (exact) mass is 500 g/mol. The Kier molecular flexibility index (Phi) is 6.46. The Morgan fingerprint density at radius 3 is 1.21 bits per heavy atom. The van der Waals surface area contributed by atoms with E-state index < -0.39 is 5.41 Å². The van der Waals surface area contributed by atoms with Gasteiger partial charge in [0.25, 0.3) is 0 Å². The van der Waals surface area contributed by atoms with Gasteiger partial charge in [-0.15, -0.1) is 0 Å². The second-order valence-corrected chi connectivity index (χ2v) is 10.5. The van der Waals surface area contributed by atoms with E-state index in [0.29, 0.717) is 5.75 Å². The van der Waals surface area contributed by atoms with Crippen molar-refractivity contribution in [3.8, 4) is 28.4 Å². The number of phenols is 3. The van der Waals surface area contributed by atoms with Gasteiger partial charge in [0.15, 0.2) is 0 Å². The van der Waals surface area contributed by atoms with Crippen LogP contribution in [0.1, 0.15) is 48.6 Å². The summed E-state index contributed by atoms with van der Waals surface area (Å²) in [6, 6.07) is 39.2. The number of rotatable bonds is 6. The van der Waals surface area contributed by atoms with E-state index in [1.54, 1.807) is 30.3 Å². The van der Waals surface area contributed by atoms with Gasteiger partial charge in [-0.1, -0.05) is 105 Å². The van der Waals surface area contributed by atoms with Crippen molar-refractivity contribution in [2.75, 3.05) is 0 Å². The highest BCUT2D eigenvalue weighted by Gasteiger charge is 2.31. The first-order chi connectivity index (χ1) is 18.2. The van der Waals surface area contributed by atoms with E-state index in [1.165, 1.54) is 0 Å². The number of benzene rings is 5. The summed E-state index contributed by atoms with van der Waals surface area (Å²) in [5, 5.41) is 30.1. The largest absolute Gasteiger partial charge is 0.508 e. The third-order valence-electron chi connectivity index (χ3n) is 7.87. The molecule has 0 aliphatic carbocycles. The van der Waals surface area contributed by atoms with E-state index in [2.05, 4.69) is 69.3 Å². The lowest BCUT2D eigenvalue weighted by atomic mass is 9.71. The smallest absolute Gasteiger partial charge is 0.119 e. The van der Waals surface area contributed by atoms with E-state index in [0.717, 1.165) is 38.9 Å². The lowest BCUT2D eigenvalue weighted by Crippen LogP contribution is -2.25. The van der Waals surface area contributed by atoms with Crippen LogP contribution in [-0.4, -0.2) is 15.3 Å². The number of hydrogen-bond acceptors (Lipinski definition) is 3. The molecule has 0 heterocycles. The van der Waals surface area contributed by atoms with Crippen LogP contribution in [0.15, 0.2) is 121 Å². The van der Waals surface area contributed by atoms with Crippen molar-refractivity contribution in [2.24, 2.45) is 0 Å². The van der Waals surface area contributed by atoms with Crippen LogP contribution >= 0.6 is 0 Å². The Morgan fingerprint density at radius 2 is 0.789 bits per heavy atom. The topological polar surface area (TPSA) is 60.7 Å². The Hall–Kier alpha value is -4.50. The second-order valence-electron chi connectivity index (χ2n) is 10.5. The van der Waals surface area contributed by atoms with Crippen LogP contribution in [0.2, 0.25) is 0 Å². The van der Waals surface area contributed by atoms with Crippen molar-refractivity contribution in [3.05, 3.63) is 149 Å². The summed E-state index contributed by atoms with van der Waals surface area (Å²) >= 11 is 0. The molecule has 0 unspecified atom stereocenters. The van der Waals surface area contributed by atoms with E-state index in [4.69, 9.17) is 0 Å². The van der Waals surface area contributed by atoms with Crippen LogP contribution in [0.5, 0.6) is 17.2 Å². The van der Waals surface area contributed by atoms with Crippen molar-refractivity contribution in [2.45, 2.75) is 31.6 Å². The third kappa shape index (κ3) is 4.52. The summed E-state index contributed by atoms with van der Waals surface area (Å²) < 4.78 is 0. The molecule has 5 aromatic rings. The fraction of sp³-hybridized carbons (Fsp3) is 0.143. The molecular formula is C35H32O3. The summed E-state index contributed by atoms with van der Waals surface area (Å²) in [5.41, 5.74) is 6.65. The summed E-state index contributed by atoms with van der Waals surface area (Å²) in [4.78, 5) is 0. The van der Waals surface area contributed by atoms with Crippen molar-refractivity contribution in [3.63, 3.8) is 0 Å². The molecular weight excluding hydrogens is 468 g/mol. The van der Waals surface area contributed by atoms with Gasteiger partial charge in [0, 0.05) is 16.4 Å². The molecule has 0 aliphatic heterocycles. The Bertz CT molecular complexity index is 1480. The second kappa shape index (κ2) is 9.75. The Morgan fingerprint density at radius 1 is 0.421 bits per heavy atom. The minimum Gasteiger partial charge on any atom is -0.508 e. The van der Waals surface area contributed by atoms with Gasteiger partial charge in [0.2, 0.25) is 0 Å². The zero-order chi connectivity index (χ0) is 26.9. The van der Waals surface area contributed by atoms with Gasteiger partial charge in [-0.3, -0.25) is 0 Å². The summed E-state index contributed by atoms with van der Waals surface area (Å²) in [6.07, 6.45) is 0. The first kappa shape index (κ1) is 25.2. The van der Waals surface area contributed by atoms with Gasteiger partial charge in [-0.2, -0.15) is 0 Å². The minimum absolute atomic E-state index is 0.228. The highest BCUT2D eigenvalue weighted by atomic mass is 16.3. The molecule has 0 bridgehead atoms. The number of hydrogen-bond donors (Lipinski definition) is 3. The first-order valence-corrected chi connectivity index (χ1v) is 12.8. The van der Waals surface area contributed by atoms with E-state index in [1.807, 2.05) is 42.5 Å². The number of aromatic hydroxyl groups is 3. The lowest BCUT2D eigenvalue weighted by molar-refractivity contribution is 0.453. The van der Waals surface area contributed by atoms with Crippen LogP contribution in [-0.2, 0) is 10.8 Å². The summed E-state index contributed by atoms with van der Waals surface area (Å²) in [5.74, 6) is 0.764. The van der Waals surface area contributed by atoms with Gasteiger partial charge in [-0.05, 0) is 70.6 Å². The normalized spacial score (nSPS) is 11.9. The summed E-state index contributed by atoms with van der Waals surface area (Å²) in [6.45, 7) is 6.41. The maximum Gasteiger partial charge on any atom is 0.119 e. The molecule has 0 amide bonds. The quantitative estimate of drug-likeness (QED) is 0.206. The maximum absolute atomic E-state index is 10.4. The molecule has 3 nitrogen and oxygen atoms in total. The van der Waals surface area contributed by atoms with Crippen LogP contribution in [0.3, 0.4) is 0 Å². The van der Waals surface area contributed by atoms with Gasteiger partial charge < -0.3 is 15.3 Å². The molecule has 0 saturated carbocycles. The number of para-hydroxylation sites is 1. The lowest BCUT2D eigenvalue weighted by Gasteiger charge is -2.32. The van der Waals surface area contributed by atoms with Crippen molar-refractivity contribution < 1.29 is 15.3 Å². The first-order valence-electron chi connectivity index (χ1n) is 12.8. The molecule has 0 radical (unpaired) electrons. The molecule has 3 N–H and O–H groups in total. The number of phenolic OH excluding ortho intramolecular Hbond substituents is 3. The molecule has 0 atom stereocenters. The molecule has 38 heavy (non-hydrogen) atoms. The Balaban J connectivity index is 1.49. The van der Waals surface area contributed by atoms with Gasteiger partial charge in [0.05, 0.1) is 0 Å². The standard InChI is InChI=1S/C35H32O3/c1-34(2,32-6-4-5-7-33(32)38)26-12-8-24(9-13-26)25-10-14-27(15-11-25)35(3,28-16-20-30(36)21-17-28)29-18-22-31(37)23-19-29/h4-23,36-38H,1-3H3. The molecule has 5 rings (SSSR count). The van der Waals surface area contributed by atoms with Crippen molar-refractivity contribution in [1.29, 1.82) is 0 Å². The zero-order valence-corrected chi connectivity index (χ0v) is 21.9. The molecule has 190 valence electrons. The Labute approximate surface area is 224 Å². The molecule has 0 aromatic heterocycles. The van der Waals surface area contributed by atoms with Gasteiger partial charge in [-0.25, -0.2) is 0 Å². The van der Waals surface area contributed by atoms with Crippen LogP contribution in [0.4, 0.5) is 0 Å². The van der Waals surface area contributed by atoms with E-state index in [9.17, 15) is 15.3 Å². The van der Waals surface area contributed by atoms with Crippen LogP contribution < -0.4 is 0 Å². The van der Waals surface area contributed by atoms with Crippen molar-refractivity contribution >= 4 is 0 Å². The zero-order valence-electron chi connectivity index (χ0n) is 21.9. The molecule has 0 fully saturated rings. The molecule has 5 aromatic carbocycles. The van der Waals surface area contributed by atoms with E-state index in [-0.39, 0.29) is 16.9 Å². The van der Waals surface area contributed by atoms with Gasteiger partial charge >= 0.3 is 0 Å². The van der Waals surface area contributed by atoms with E-state index >= 15 is 0 Å². The van der Waals surface area contributed by atoms with Crippen molar-refractivity contribution in [1.82, 2.24) is 0 Å². The third-order valence-corrected chi connectivity index (χ3v) is 7.87. The highest BCUT2D eigenvalue weighted by Crippen LogP contribution is 2.41. The average molecular weight is 501 g/mol. The minimum atomic E-state index is -0.481. The predicted molar refractivity (Wildman–Crippen MR) is 154 cm³/mol. The average Bonchev–Trinajstić information content (AvgIpc) is 2.94. The molecule has 3 heteroatoms. The highest BCUT2D eigenvalue weighted by molar-refractivity contribution is 5.66. The predicted octanol–water partition coefficient (Wildman–Crippen LogP) is 8.15. The fourth-order valence-electron chi connectivity index (χ4n) is 5.32. The van der Waals surface area contributed by atoms with Gasteiger partial charge in [0.1, 0.15) is 17.2 Å². The molecule has 0 spiro atoms. The molecule has 0 saturated heterocycles. The summed E-state index contributed by atoms with van der Waals surface area (Å²) in [7, 11) is 0. The van der Waals surface area contributed by atoms with Crippen LogP contribution in [0, 0.1) is 0 Å².